The third-order valence-electron chi connectivity index (χ3n) is 4.64. The van der Waals surface area contributed by atoms with Gasteiger partial charge in [0.1, 0.15) is 5.69 Å². The first-order valence-electron chi connectivity index (χ1n) is 8.98. The van der Waals surface area contributed by atoms with Crippen molar-refractivity contribution in [2.75, 3.05) is 5.32 Å². The first-order chi connectivity index (χ1) is 13.2. The van der Waals surface area contributed by atoms with E-state index in [0.717, 1.165) is 19.3 Å². The lowest BCUT2D eigenvalue weighted by molar-refractivity contribution is -0.116. The number of aromatic amines is 1. The number of aryl methyl sites for hydroxylation is 2. The van der Waals surface area contributed by atoms with Gasteiger partial charge in [-0.3, -0.25) is 25.0 Å². The minimum absolute atomic E-state index is 0.0241. The second kappa shape index (κ2) is 7.49. The maximum absolute atomic E-state index is 12.4. The summed E-state index contributed by atoms with van der Waals surface area (Å²) in [5.74, 6) is 0.325. The molecule has 4 rings (SSSR count). The number of Topliss-reactive ketones (excluding diaryl/α,β-unsaturated/α-hetero) is 1. The number of benzene rings is 1. The number of nitrogens with one attached hydrogen (secondary N) is 2. The van der Waals surface area contributed by atoms with Gasteiger partial charge in [-0.2, -0.15) is 4.98 Å². The van der Waals surface area contributed by atoms with Gasteiger partial charge in [0.25, 0.3) is 0 Å². The van der Waals surface area contributed by atoms with Crippen molar-refractivity contribution in [1.82, 2.24) is 20.2 Å². The Labute approximate surface area is 156 Å². The number of amides is 1. The molecule has 27 heavy (non-hydrogen) atoms. The number of carbonyl (C=O) groups is 2. The Bertz CT molecular complexity index is 981. The van der Waals surface area contributed by atoms with E-state index < -0.39 is 0 Å². The normalized spacial score (nSPS) is 12.6. The maximum Gasteiger partial charge on any atom is 0.249 e. The molecule has 2 N–H and O–H groups in total. The quantitative estimate of drug-likeness (QED) is 0.658. The Balaban J connectivity index is 1.32. The fourth-order valence-corrected chi connectivity index (χ4v) is 3.24. The summed E-state index contributed by atoms with van der Waals surface area (Å²) in [6, 6.07) is 11.3. The van der Waals surface area contributed by atoms with Gasteiger partial charge < -0.3 is 0 Å². The third kappa shape index (κ3) is 3.92. The summed E-state index contributed by atoms with van der Waals surface area (Å²) in [5, 5.41) is 9.31. The van der Waals surface area contributed by atoms with Crippen molar-refractivity contribution in [1.29, 1.82) is 0 Å². The molecular weight excluding hydrogens is 342 g/mol. The van der Waals surface area contributed by atoms with Crippen LogP contribution < -0.4 is 5.32 Å². The van der Waals surface area contributed by atoms with Crippen LogP contribution in [0.1, 0.15) is 40.7 Å². The van der Waals surface area contributed by atoms with Crippen LogP contribution in [0.4, 0.5) is 5.95 Å². The molecule has 2 heterocycles. The number of fused-ring (bicyclic) bond motifs is 1. The zero-order chi connectivity index (χ0) is 18.6. The van der Waals surface area contributed by atoms with E-state index in [2.05, 4.69) is 25.5 Å². The molecule has 7 nitrogen and oxygen atoms in total. The lowest BCUT2D eigenvalue weighted by Crippen LogP contribution is -2.14. The van der Waals surface area contributed by atoms with Gasteiger partial charge in [-0.25, -0.2) is 0 Å². The van der Waals surface area contributed by atoms with E-state index in [9.17, 15) is 9.59 Å². The zero-order valence-electron chi connectivity index (χ0n) is 14.7. The minimum atomic E-state index is -0.295. The molecule has 1 amide bonds. The largest absolute Gasteiger partial charge is 0.294 e. The Kier molecular flexibility index (Phi) is 4.74. The van der Waals surface area contributed by atoms with Gasteiger partial charge >= 0.3 is 0 Å². The van der Waals surface area contributed by atoms with E-state index in [4.69, 9.17) is 0 Å². The van der Waals surface area contributed by atoms with Crippen molar-refractivity contribution in [3.63, 3.8) is 0 Å². The first-order valence-corrected chi connectivity index (χ1v) is 8.98. The molecule has 1 aliphatic carbocycles. The minimum Gasteiger partial charge on any atom is -0.294 e. The maximum atomic E-state index is 12.4. The summed E-state index contributed by atoms with van der Waals surface area (Å²) in [7, 11) is 0. The highest BCUT2D eigenvalue weighted by atomic mass is 16.2. The molecule has 7 heteroatoms. The fraction of sp³-hybridized carbons (Fsp3) is 0.250. The number of anilines is 1. The molecule has 0 spiro atoms. The van der Waals surface area contributed by atoms with Gasteiger partial charge in [-0.1, -0.05) is 18.2 Å². The van der Waals surface area contributed by atoms with Crippen LogP contribution in [0.2, 0.25) is 0 Å². The highest BCUT2D eigenvalue weighted by Crippen LogP contribution is 2.23. The van der Waals surface area contributed by atoms with Crippen molar-refractivity contribution < 1.29 is 9.59 Å². The summed E-state index contributed by atoms with van der Waals surface area (Å²) in [4.78, 5) is 32.8. The van der Waals surface area contributed by atoms with Crippen LogP contribution in [-0.4, -0.2) is 31.9 Å². The van der Waals surface area contributed by atoms with E-state index in [0.29, 0.717) is 17.1 Å². The van der Waals surface area contributed by atoms with Gasteiger partial charge in [0.2, 0.25) is 11.9 Å². The molecule has 0 atom stereocenters. The van der Waals surface area contributed by atoms with E-state index in [1.54, 1.807) is 18.3 Å². The molecule has 1 aliphatic rings. The summed E-state index contributed by atoms with van der Waals surface area (Å²) in [5.41, 5.74) is 3.90. The molecular formula is C20H19N5O2. The molecule has 1 aromatic carbocycles. The lowest BCUT2D eigenvalue weighted by atomic mass is 10.0. The summed E-state index contributed by atoms with van der Waals surface area (Å²) in [6.45, 7) is 0. The van der Waals surface area contributed by atoms with E-state index >= 15 is 0 Å². The monoisotopic (exact) mass is 361 g/mol. The molecule has 2 aromatic heterocycles. The number of pyridine rings is 1. The summed E-state index contributed by atoms with van der Waals surface area (Å²) < 4.78 is 0. The van der Waals surface area contributed by atoms with Gasteiger partial charge in [-0.05, 0) is 48.6 Å². The Morgan fingerprint density at radius 2 is 1.96 bits per heavy atom. The molecule has 0 radical (unpaired) electrons. The van der Waals surface area contributed by atoms with Crippen LogP contribution in [-0.2, 0) is 17.6 Å². The van der Waals surface area contributed by atoms with Crippen LogP contribution >= 0.6 is 0 Å². The predicted molar refractivity (Wildman–Crippen MR) is 100 cm³/mol. The van der Waals surface area contributed by atoms with E-state index in [1.165, 1.54) is 11.1 Å². The Morgan fingerprint density at radius 3 is 2.81 bits per heavy atom. The summed E-state index contributed by atoms with van der Waals surface area (Å²) >= 11 is 0. The number of rotatable bonds is 6. The number of hydrogen-bond donors (Lipinski definition) is 2. The molecule has 0 bridgehead atoms. The molecule has 0 saturated heterocycles. The molecule has 0 aliphatic heterocycles. The van der Waals surface area contributed by atoms with Crippen LogP contribution in [0.15, 0.2) is 42.6 Å². The standard InChI is InChI=1S/C20H19N5O2/c26-17(15-8-7-13-4-3-5-14(13)12-15)9-10-18(27)22-20-23-19(24-25-20)16-6-1-2-11-21-16/h1-2,6-8,11-12H,3-5,9-10H2,(H2,22,23,24,25,27). The van der Waals surface area contributed by atoms with E-state index in [1.807, 2.05) is 24.3 Å². The molecule has 3 aromatic rings. The van der Waals surface area contributed by atoms with Crippen LogP contribution in [0.3, 0.4) is 0 Å². The number of hydrogen-bond acceptors (Lipinski definition) is 5. The number of nitrogens with zero attached hydrogens (tertiary/aromatic N) is 3. The highest BCUT2D eigenvalue weighted by Gasteiger charge is 2.16. The predicted octanol–water partition coefficient (Wildman–Crippen LogP) is 2.96. The van der Waals surface area contributed by atoms with Gasteiger partial charge in [-0.15, -0.1) is 5.10 Å². The highest BCUT2D eigenvalue weighted by molar-refractivity contribution is 5.99. The molecule has 136 valence electrons. The van der Waals surface area contributed by atoms with Crippen molar-refractivity contribution >= 4 is 17.6 Å². The number of H-pyrrole nitrogens is 1. The van der Waals surface area contributed by atoms with Crippen LogP contribution in [0.5, 0.6) is 0 Å². The van der Waals surface area contributed by atoms with Crippen molar-refractivity contribution in [3.05, 3.63) is 59.3 Å². The van der Waals surface area contributed by atoms with E-state index in [-0.39, 0.29) is 30.5 Å². The van der Waals surface area contributed by atoms with Crippen molar-refractivity contribution in [2.24, 2.45) is 0 Å². The zero-order valence-corrected chi connectivity index (χ0v) is 14.7. The molecule has 0 fully saturated rings. The Hall–Kier alpha value is -3.35. The number of carbonyl (C=O) groups excluding carboxylic acids is 2. The lowest BCUT2D eigenvalue weighted by Gasteiger charge is -2.04. The molecule has 0 saturated carbocycles. The topological polar surface area (TPSA) is 101 Å². The average Bonchev–Trinajstić information content (AvgIpc) is 3.35. The third-order valence-corrected chi connectivity index (χ3v) is 4.64. The molecule has 0 unspecified atom stereocenters. The van der Waals surface area contributed by atoms with Gasteiger partial charge in [0.05, 0.1) is 0 Å². The smallest absolute Gasteiger partial charge is 0.249 e. The second-order valence-corrected chi connectivity index (χ2v) is 6.53. The second-order valence-electron chi connectivity index (χ2n) is 6.53. The van der Waals surface area contributed by atoms with Crippen molar-refractivity contribution in [3.8, 4) is 11.5 Å². The van der Waals surface area contributed by atoms with Gasteiger partial charge in [0.15, 0.2) is 11.6 Å². The Morgan fingerprint density at radius 1 is 1.07 bits per heavy atom. The SMILES string of the molecule is O=C(CCC(=O)c1ccc2c(c1)CCC2)Nc1n[nH]c(-c2ccccn2)n1. The average molecular weight is 361 g/mol. The number of aromatic nitrogens is 4. The fourth-order valence-electron chi connectivity index (χ4n) is 3.24. The van der Waals surface area contributed by atoms with Crippen molar-refractivity contribution in [2.45, 2.75) is 32.1 Å². The first kappa shape index (κ1) is 17.1. The van der Waals surface area contributed by atoms with Crippen LogP contribution in [0, 0.1) is 0 Å². The summed E-state index contributed by atoms with van der Waals surface area (Å²) in [6.07, 6.45) is 5.16. The van der Waals surface area contributed by atoms with Crippen LogP contribution in [0.25, 0.3) is 11.5 Å². The number of ketones is 1. The van der Waals surface area contributed by atoms with Gasteiger partial charge in [0, 0.05) is 24.6 Å².